The Hall–Kier alpha value is -3.65. The lowest BCUT2D eigenvalue weighted by atomic mass is 10.00. The molecule has 0 saturated carbocycles. The second-order valence-corrected chi connectivity index (χ2v) is 9.69. The number of anilines is 3. The Morgan fingerprint density at radius 1 is 0.939 bits per heavy atom. The minimum atomic E-state index is -3.83. The molecule has 2 amide bonds. The largest absolute Gasteiger partial charge is 0.326 e. The number of benzene rings is 3. The summed E-state index contributed by atoms with van der Waals surface area (Å²) in [5, 5.41) is 2.65. The number of rotatable bonds is 5. The summed E-state index contributed by atoms with van der Waals surface area (Å²) in [6, 6.07) is 19.0. The molecule has 0 fully saturated rings. The van der Waals surface area contributed by atoms with Crippen LogP contribution in [0.1, 0.15) is 34.8 Å². The number of hydrogen-bond donors (Lipinski definition) is 2. The summed E-state index contributed by atoms with van der Waals surface area (Å²) in [7, 11) is -3.83. The number of nitrogens with one attached hydrogen (secondary N) is 2. The standard InChI is InChI=1S/C25H25N3O4S/c1-17-15-21(26-18(2)29)11-13-24(17)33(31,32)27-22-10-12-23-20(16-22)9-6-14-28(23)25(30)19-7-4-3-5-8-19/h3-5,7-8,10-13,15-16,27H,6,9,14H2,1-2H3,(H,26,29). The molecule has 8 heteroatoms. The fraction of sp³-hybridized carbons (Fsp3) is 0.200. The molecular formula is C25H25N3O4S. The summed E-state index contributed by atoms with van der Waals surface area (Å²) in [6.45, 7) is 3.69. The van der Waals surface area contributed by atoms with E-state index in [1.165, 1.54) is 13.0 Å². The molecular weight excluding hydrogens is 438 g/mol. The first-order valence-corrected chi connectivity index (χ1v) is 12.1. The lowest BCUT2D eigenvalue weighted by Gasteiger charge is -2.30. The van der Waals surface area contributed by atoms with Crippen molar-refractivity contribution in [2.24, 2.45) is 0 Å². The highest BCUT2D eigenvalue weighted by atomic mass is 32.2. The van der Waals surface area contributed by atoms with E-state index in [0.29, 0.717) is 29.0 Å². The van der Waals surface area contributed by atoms with E-state index in [0.717, 1.165) is 24.1 Å². The van der Waals surface area contributed by atoms with Crippen LogP contribution in [0.15, 0.2) is 71.6 Å². The average Bonchev–Trinajstić information content (AvgIpc) is 2.78. The van der Waals surface area contributed by atoms with Gasteiger partial charge in [-0.2, -0.15) is 0 Å². The van der Waals surface area contributed by atoms with Crippen LogP contribution < -0.4 is 14.9 Å². The molecule has 7 nitrogen and oxygen atoms in total. The topological polar surface area (TPSA) is 95.6 Å². The van der Waals surface area contributed by atoms with Crippen molar-refractivity contribution < 1.29 is 18.0 Å². The van der Waals surface area contributed by atoms with Gasteiger partial charge in [0.1, 0.15) is 0 Å². The van der Waals surface area contributed by atoms with Crippen molar-refractivity contribution in [3.05, 3.63) is 83.4 Å². The van der Waals surface area contributed by atoms with Gasteiger partial charge in [0.25, 0.3) is 15.9 Å². The fourth-order valence-corrected chi connectivity index (χ4v) is 5.33. The maximum atomic E-state index is 13.0. The van der Waals surface area contributed by atoms with Crippen LogP contribution in [0.5, 0.6) is 0 Å². The summed E-state index contributed by atoms with van der Waals surface area (Å²) in [5.41, 5.74) is 3.83. The van der Waals surface area contributed by atoms with Gasteiger partial charge in [0, 0.05) is 36.1 Å². The molecule has 0 saturated heterocycles. The summed E-state index contributed by atoms with van der Waals surface area (Å²) < 4.78 is 28.7. The summed E-state index contributed by atoms with van der Waals surface area (Å²) >= 11 is 0. The van der Waals surface area contributed by atoms with Gasteiger partial charge in [0.15, 0.2) is 0 Å². The van der Waals surface area contributed by atoms with Crippen LogP contribution >= 0.6 is 0 Å². The Bertz CT molecular complexity index is 1320. The van der Waals surface area contributed by atoms with Crippen LogP contribution in [-0.2, 0) is 21.2 Å². The smallest absolute Gasteiger partial charge is 0.262 e. The van der Waals surface area contributed by atoms with Crippen LogP contribution in [0.2, 0.25) is 0 Å². The Balaban J connectivity index is 1.58. The number of sulfonamides is 1. The molecule has 0 radical (unpaired) electrons. The molecule has 0 bridgehead atoms. The van der Waals surface area contributed by atoms with Crippen molar-refractivity contribution in [2.75, 3.05) is 21.5 Å². The molecule has 0 atom stereocenters. The van der Waals surface area contributed by atoms with E-state index in [4.69, 9.17) is 0 Å². The second-order valence-electron chi connectivity index (χ2n) is 8.04. The van der Waals surface area contributed by atoms with E-state index in [1.807, 2.05) is 18.2 Å². The minimum Gasteiger partial charge on any atom is -0.326 e. The van der Waals surface area contributed by atoms with Crippen LogP contribution in [0.3, 0.4) is 0 Å². The fourth-order valence-electron chi connectivity index (χ4n) is 4.05. The predicted octanol–water partition coefficient (Wildman–Crippen LogP) is 4.35. The lowest BCUT2D eigenvalue weighted by Crippen LogP contribution is -2.35. The maximum Gasteiger partial charge on any atom is 0.262 e. The predicted molar refractivity (Wildman–Crippen MR) is 129 cm³/mol. The lowest BCUT2D eigenvalue weighted by molar-refractivity contribution is -0.114. The molecule has 1 aliphatic rings. The van der Waals surface area contributed by atoms with Crippen LogP contribution in [-0.4, -0.2) is 26.8 Å². The Kier molecular flexibility index (Phi) is 6.20. The van der Waals surface area contributed by atoms with Crippen molar-refractivity contribution in [3.8, 4) is 0 Å². The summed E-state index contributed by atoms with van der Waals surface area (Å²) in [6.07, 6.45) is 1.55. The molecule has 170 valence electrons. The third-order valence-electron chi connectivity index (χ3n) is 5.50. The van der Waals surface area contributed by atoms with E-state index in [2.05, 4.69) is 10.0 Å². The van der Waals surface area contributed by atoms with Crippen molar-refractivity contribution in [1.29, 1.82) is 0 Å². The van der Waals surface area contributed by atoms with Crippen molar-refractivity contribution in [1.82, 2.24) is 0 Å². The SMILES string of the molecule is CC(=O)Nc1ccc(S(=O)(=O)Nc2ccc3c(c2)CCCN3C(=O)c2ccccc2)c(C)c1. The maximum absolute atomic E-state index is 13.0. The first-order valence-electron chi connectivity index (χ1n) is 10.7. The molecule has 0 spiro atoms. The molecule has 33 heavy (non-hydrogen) atoms. The highest BCUT2D eigenvalue weighted by Gasteiger charge is 2.25. The Morgan fingerprint density at radius 2 is 1.67 bits per heavy atom. The van der Waals surface area contributed by atoms with Crippen molar-refractivity contribution >= 4 is 38.9 Å². The number of carbonyl (C=O) groups excluding carboxylic acids is 2. The molecule has 4 rings (SSSR count). The van der Waals surface area contributed by atoms with Crippen LogP contribution in [0, 0.1) is 6.92 Å². The van der Waals surface area contributed by atoms with E-state index >= 15 is 0 Å². The van der Waals surface area contributed by atoms with E-state index in [-0.39, 0.29) is 16.7 Å². The van der Waals surface area contributed by atoms with Gasteiger partial charge in [-0.15, -0.1) is 0 Å². The van der Waals surface area contributed by atoms with Gasteiger partial charge in [0.05, 0.1) is 4.90 Å². The Labute approximate surface area is 193 Å². The molecule has 1 aliphatic heterocycles. The molecule has 3 aromatic rings. The molecule has 0 unspecified atom stereocenters. The average molecular weight is 464 g/mol. The van der Waals surface area contributed by atoms with Gasteiger partial charge in [-0.05, 0) is 79.4 Å². The van der Waals surface area contributed by atoms with Gasteiger partial charge in [-0.3, -0.25) is 14.3 Å². The third-order valence-corrected chi connectivity index (χ3v) is 7.04. The minimum absolute atomic E-state index is 0.0697. The van der Waals surface area contributed by atoms with Gasteiger partial charge >= 0.3 is 0 Å². The zero-order valence-corrected chi connectivity index (χ0v) is 19.3. The number of fused-ring (bicyclic) bond motifs is 1. The monoisotopic (exact) mass is 463 g/mol. The first kappa shape index (κ1) is 22.5. The number of nitrogens with zero attached hydrogens (tertiary/aromatic N) is 1. The van der Waals surface area contributed by atoms with Crippen molar-refractivity contribution in [3.63, 3.8) is 0 Å². The van der Waals surface area contributed by atoms with Crippen LogP contribution in [0.25, 0.3) is 0 Å². The molecule has 1 heterocycles. The van der Waals surface area contributed by atoms with Gasteiger partial charge in [-0.25, -0.2) is 8.42 Å². The molecule has 3 aromatic carbocycles. The van der Waals surface area contributed by atoms with Crippen LogP contribution in [0.4, 0.5) is 17.1 Å². The Morgan fingerprint density at radius 3 is 2.36 bits per heavy atom. The number of amides is 2. The zero-order chi connectivity index (χ0) is 23.6. The first-order chi connectivity index (χ1) is 15.7. The quantitative estimate of drug-likeness (QED) is 0.588. The normalized spacial score (nSPS) is 13.2. The van der Waals surface area contributed by atoms with Gasteiger partial charge < -0.3 is 10.2 Å². The molecule has 0 aromatic heterocycles. The second kappa shape index (κ2) is 9.07. The van der Waals surface area contributed by atoms with Gasteiger partial charge in [0.2, 0.25) is 5.91 Å². The number of carbonyl (C=O) groups is 2. The number of aryl methyl sites for hydroxylation is 2. The number of hydrogen-bond acceptors (Lipinski definition) is 4. The third kappa shape index (κ3) is 4.90. The van der Waals surface area contributed by atoms with E-state index in [1.54, 1.807) is 54.3 Å². The summed E-state index contributed by atoms with van der Waals surface area (Å²) in [4.78, 5) is 26.1. The highest BCUT2D eigenvalue weighted by molar-refractivity contribution is 7.92. The van der Waals surface area contributed by atoms with E-state index in [9.17, 15) is 18.0 Å². The molecule has 2 N–H and O–H groups in total. The molecule has 0 aliphatic carbocycles. The van der Waals surface area contributed by atoms with E-state index < -0.39 is 10.0 Å². The summed E-state index contributed by atoms with van der Waals surface area (Å²) in [5.74, 6) is -0.295. The van der Waals surface area contributed by atoms with Crippen molar-refractivity contribution in [2.45, 2.75) is 31.6 Å². The van der Waals surface area contributed by atoms with Gasteiger partial charge in [-0.1, -0.05) is 18.2 Å². The highest BCUT2D eigenvalue weighted by Crippen LogP contribution is 2.32. The zero-order valence-electron chi connectivity index (χ0n) is 18.5.